The van der Waals surface area contributed by atoms with E-state index in [1.54, 1.807) is 18.2 Å². The third-order valence-corrected chi connectivity index (χ3v) is 3.51. The van der Waals surface area contributed by atoms with Crippen molar-refractivity contribution in [3.8, 4) is 0 Å². The van der Waals surface area contributed by atoms with Gasteiger partial charge in [-0.05, 0) is 42.3 Å². The van der Waals surface area contributed by atoms with Crippen LogP contribution < -0.4 is 10.6 Å². The Balaban J connectivity index is 2.08. The van der Waals surface area contributed by atoms with Crippen LogP contribution in [0.5, 0.6) is 0 Å². The molecule has 4 heteroatoms. The van der Waals surface area contributed by atoms with Crippen LogP contribution in [-0.4, -0.2) is 6.54 Å². The second-order valence-corrected chi connectivity index (χ2v) is 4.79. The van der Waals surface area contributed by atoms with Crippen molar-refractivity contribution in [3.05, 3.63) is 52.8 Å². The number of anilines is 3. The summed E-state index contributed by atoms with van der Waals surface area (Å²) in [7, 11) is 0. The normalized spacial score (nSPS) is 13.8. The standard InChI is InChI=1S/C14H12ClFN2/c15-12-8-11(17)3-4-13(12)18-6-5-9-1-2-10(16)7-14(9)18/h1-4,7-8H,5-6,17H2. The molecule has 1 aliphatic heterocycles. The lowest BCUT2D eigenvalue weighted by molar-refractivity contribution is 0.628. The molecule has 0 spiro atoms. The maximum atomic E-state index is 13.3. The number of nitrogens with zero attached hydrogens (tertiary/aromatic N) is 1. The van der Waals surface area contributed by atoms with Gasteiger partial charge in [0.05, 0.1) is 10.7 Å². The van der Waals surface area contributed by atoms with Crippen molar-refractivity contribution >= 4 is 28.7 Å². The Bertz CT molecular complexity index is 613. The van der Waals surface area contributed by atoms with Crippen LogP contribution in [0.15, 0.2) is 36.4 Å². The summed E-state index contributed by atoms with van der Waals surface area (Å²) >= 11 is 6.20. The van der Waals surface area contributed by atoms with Crippen molar-refractivity contribution in [1.29, 1.82) is 0 Å². The Morgan fingerprint density at radius 1 is 1.11 bits per heavy atom. The quantitative estimate of drug-likeness (QED) is 0.793. The van der Waals surface area contributed by atoms with Gasteiger partial charge in [0.1, 0.15) is 5.82 Å². The number of hydrogen-bond acceptors (Lipinski definition) is 2. The molecule has 0 radical (unpaired) electrons. The summed E-state index contributed by atoms with van der Waals surface area (Å²) in [6, 6.07) is 10.3. The van der Waals surface area contributed by atoms with E-state index >= 15 is 0 Å². The first kappa shape index (κ1) is 11.4. The van der Waals surface area contributed by atoms with E-state index in [2.05, 4.69) is 0 Å². The average molecular weight is 263 g/mol. The van der Waals surface area contributed by atoms with Crippen LogP contribution in [-0.2, 0) is 6.42 Å². The van der Waals surface area contributed by atoms with Crippen LogP contribution in [0.25, 0.3) is 0 Å². The summed E-state index contributed by atoms with van der Waals surface area (Å²) < 4.78 is 13.3. The van der Waals surface area contributed by atoms with Crippen LogP contribution in [0.3, 0.4) is 0 Å². The number of hydrogen-bond donors (Lipinski definition) is 1. The van der Waals surface area contributed by atoms with Crippen molar-refractivity contribution in [3.63, 3.8) is 0 Å². The van der Waals surface area contributed by atoms with Gasteiger partial charge in [0.15, 0.2) is 0 Å². The van der Waals surface area contributed by atoms with Gasteiger partial charge in [0, 0.05) is 17.9 Å². The molecule has 0 saturated heterocycles. The predicted octanol–water partition coefficient (Wildman–Crippen LogP) is 3.76. The number of rotatable bonds is 1. The fourth-order valence-corrected chi connectivity index (χ4v) is 2.64. The molecule has 0 fully saturated rings. The molecule has 2 aromatic carbocycles. The van der Waals surface area contributed by atoms with Gasteiger partial charge in [-0.3, -0.25) is 0 Å². The molecule has 1 heterocycles. The fourth-order valence-electron chi connectivity index (χ4n) is 2.34. The molecular formula is C14H12ClFN2. The zero-order chi connectivity index (χ0) is 12.7. The second-order valence-electron chi connectivity index (χ2n) is 4.39. The van der Waals surface area contributed by atoms with Gasteiger partial charge in [-0.1, -0.05) is 17.7 Å². The van der Waals surface area contributed by atoms with Crippen LogP contribution in [0.4, 0.5) is 21.5 Å². The van der Waals surface area contributed by atoms with Gasteiger partial charge in [-0.15, -0.1) is 0 Å². The highest BCUT2D eigenvalue weighted by Gasteiger charge is 2.22. The summed E-state index contributed by atoms with van der Waals surface area (Å²) in [4.78, 5) is 2.03. The number of nitrogen functional groups attached to an aromatic ring is 1. The summed E-state index contributed by atoms with van der Waals surface area (Å²) in [6.07, 6.45) is 0.899. The van der Waals surface area contributed by atoms with Crippen LogP contribution in [0, 0.1) is 5.82 Å². The smallest absolute Gasteiger partial charge is 0.125 e. The Kier molecular flexibility index (Phi) is 2.63. The van der Waals surface area contributed by atoms with E-state index in [-0.39, 0.29) is 5.82 Å². The molecule has 0 saturated carbocycles. The van der Waals surface area contributed by atoms with Gasteiger partial charge in [-0.25, -0.2) is 4.39 Å². The maximum absolute atomic E-state index is 13.3. The van der Waals surface area contributed by atoms with Gasteiger partial charge in [0.2, 0.25) is 0 Å². The Morgan fingerprint density at radius 3 is 2.72 bits per heavy atom. The summed E-state index contributed by atoms with van der Waals surface area (Å²) in [5.74, 6) is -0.229. The Labute approximate surface area is 110 Å². The van der Waals surface area contributed by atoms with Gasteiger partial charge >= 0.3 is 0 Å². The first-order chi connectivity index (χ1) is 8.65. The minimum atomic E-state index is -0.229. The highest BCUT2D eigenvalue weighted by Crippen LogP contribution is 2.38. The highest BCUT2D eigenvalue weighted by molar-refractivity contribution is 6.33. The zero-order valence-corrected chi connectivity index (χ0v) is 10.4. The minimum Gasteiger partial charge on any atom is -0.399 e. The first-order valence-corrected chi connectivity index (χ1v) is 6.14. The topological polar surface area (TPSA) is 29.3 Å². The minimum absolute atomic E-state index is 0.229. The molecule has 2 N–H and O–H groups in total. The molecule has 18 heavy (non-hydrogen) atoms. The zero-order valence-electron chi connectivity index (χ0n) is 9.66. The number of nitrogens with two attached hydrogens (primary N) is 1. The molecular weight excluding hydrogens is 251 g/mol. The number of halogens is 2. The highest BCUT2D eigenvalue weighted by atomic mass is 35.5. The molecule has 0 amide bonds. The van der Waals surface area contributed by atoms with E-state index < -0.39 is 0 Å². The predicted molar refractivity (Wildman–Crippen MR) is 73.0 cm³/mol. The largest absolute Gasteiger partial charge is 0.399 e. The summed E-state index contributed by atoms with van der Waals surface area (Å²) in [5.41, 5.74) is 9.21. The fraction of sp³-hybridized carbons (Fsp3) is 0.143. The van der Waals surface area contributed by atoms with E-state index in [0.717, 1.165) is 29.9 Å². The van der Waals surface area contributed by atoms with Crippen LogP contribution in [0.1, 0.15) is 5.56 Å². The number of benzene rings is 2. The molecule has 2 aromatic rings. The van der Waals surface area contributed by atoms with Crippen molar-refractivity contribution in [2.45, 2.75) is 6.42 Å². The SMILES string of the molecule is Nc1ccc(N2CCc3ccc(F)cc32)c(Cl)c1. The van der Waals surface area contributed by atoms with E-state index in [0.29, 0.717) is 10.7 Å². The van der Waals surface area contributed by atoms with Crippen molar-refractivity contribution in [1.82, 2.24) is 0 Å². The molecule has 0 aliphatic carbocycles. The monoisotopic (exact) mass is 262 g/mol. The van der Waals surface area contributed by atoms with Gasteiger partial charge in [0.25, 0.3) is 0 Å². The molecule has 1 aliphatic rings. The molecule has 3 rings (SSSR count). The van der Waals surface area contributed by atoms with Gasteiger partial charge in [-0.2, -0.15) is 0 Å². The molecule has 0 bridgehead atoms. The first-order valence-electron chi connectivity index (χ1n) is 5.76. The average Bonchev–Trinajstić information content (AvgIpc) is 2.72. The molecule has 0 aromatic heterocycles. The molecule has 0 atom stereocenters. The van der Waals surface area contributed by atoms with E-state index in [1.807, 2.05) is 17.0 Å². The lowest BCUT2D eigenvalue weighted by Crippen LogP contribution is -2.13. The molecule has 0 unspecified atom stereocenters. The van der Waals surface area contributed by atoms with E-state index in [1.165, 1.54) is 6.07 Å². The molecule has 92 valence electrons. The maximum Gasteiger partial charge on any atom is 0.125 e. The van der Waals surface area contributed by atoms with E-state index in [9.17, 15) is 4.39 Å². The van der Waals surface area contributed by atoms with Crippen molar-refractivity contribution < 1.29 is 4.39 Å². The van der Waals surface area contributed by atoms with Gasteiger partial charge < -0.3 is 10.6 Å². The Hall–Kier alpha value is -1.74. The Morgan fingerprint density at radius 2 is 1.94 bits per heavy atom. The van der Waals surface area contributed by atoms with Crippen LogP contribution in [0.2, 0.25) is 5.02 Å². The lowest BCUT2D eigenvalue weighted by atomic mass is 10.1. The van der Waals surface area contributed by atoms with Crippen molar-refractivity contribution in [2.24, 2.45) is 0 Å². The lowest BCUT2D eigenvalue weighted by Gasteiger charge is -2.21. The van der Waals surface area contributed by atoms with E-state index in [4.69, 9.17) is 17.3 Å². The van der Waals surface area contributed by atoms with Crippen molar-refractivity contribution in [2.75, 3.05) is 17.2 Å². The number of fused-ring (bicyclic) bond motifs is 1. The third-order valence-electron chi connectivity index (χ3n) is 3.21. The summed E-state index contributed by atoms with van der Waals surface area (Å²) in [6.45, 7) is 0.808. The van der Waals surface area contributed by atoms with Crippen LogP contribution >= 0.6 is 11.6 Å². The third kappa shape index (κ3) is 1.81. The second kappa shape index (κ2) is 4.18. The molecule has 2 nitrogen and oxygen atoms in total. The summed E-state index contributed by atoms with van der Waals surface area (Å²) in [5, 5.41) is 0.590.